The zero-order chi connectivity index (χ0) is 11.5. The topological polar surface area (TPSA) is 85.9 Å². The van der Waals surface area contributed by atoms with Gasteiger partial charge in [0.25, 0.3) is 0 Å². The number of rotatable bonds is 3. The summed E-state index contributed by atoms with van der Waals surface area (Å²) in [6.07, 6.45) is 4.43. The maximum absolute atomic E-state index is 10.7. The Morgan fingerprint density at radius 3 is 2.94 bits per heavy atom. The summed E-state index contributed by atoms with van der Waals surface area (Å²) in [7, 11) is 1.77. The van der Waals surface area contributed by atoms with Crippen LogP contribution in [0.25, 0.3) is 0 Å². The van der Waals surface area contributed by atoms with Gasteiger partial charge < -0.3 is 5.32 Å². The van der Waals surface area contributed by atoms with E-state index in [0.717, 1.165) is 0 Å². The molecule has 0 unspecified atom stereocenters. The summed E-state index contributed by atoms with van der Waals surface area (Å²) in [6.45, 7) is 0. The molecule has 2 heterocycles. The van der Waals surface area contributed by atoms with Gasteiger partial charge in [-0.25, -0.2) is 0 Å². The smallest absolute Gasteiger partial charge is 0.310 e. The Hall–Kier alpha value is -2.44. The molecule has 2 aromatic heterocycles. The molecule has 16 heavy (non-hydrogen) atoms. The monoisotopic (exact) mass is 219 g/mol. The molecule has 0 fully saturated rings. The molecule has 0 radical (unpaired) electrons. The van der Waals surface area contributed by atoms with Gasteiger partial charge in [-0.2, -0.15) is 5.10 Å². The van der Waals surface area contributed by atoms with Crippen molar-refractivity contribution in [3.63, 3.8) is 0 Å². The molecule has 0 spiro atoms. The van der Waals surface area contributed by atoms with Crippen molar-refractivity contribution in [2.24, 2.45) is 7.05 Å². The Morgan fingerprint density at radius 2 is 2.31 bits per heavy atom. The van der Waals surface area contributed by atoms with Crippen LogP contribution in [0.15, 0.2) is 30.7 Å². The summed E-state index contributed by atoms with van der Waals surface area (Å²) in [5.41, 5.74) is 0.298. The normalized spacial score (nSPS) is 10.1. The number of aromatic nitrogens is 3. The van der Waals surface area contributed by atoms with Gasteiger partial charge in [0.2, 0.25) is 0 Å². The van der Waals surface area contributed by atoms with Crippen molar-refractivity contribution in [2.45, 2.75) is 0 Å². The molecule has 82 valence electrons. The lowest BCUT2D eigenvalue weighted by Gasteiger charge is -2.02. The van der Waals surface area contributed by atoms with Gasteiger partial charge in [0.05, 0.1) is 4.92 Å². The molecule has 0 atom stereocenters. The van der Waals surface area contributed by atoms with E-state index < -0.39 is 4.92 Å². The number of aryl methyl sites for hydroxylation is 1. The van der Waals surface area contributed by atoms with E-state index in [1.165, 1.54) is 18.5 Å². The van der Waals surface area contributed by atoms with Crippen LogP contribution in [0.5, 0.6) is 0 Å². The lowest BCUT2D eigenvalue weighted by atomic mass is 10.3. The molecule has 1 N–H and O–H groups in total. The van der Waals surface area contributed by atoms with Crippen LogP contribution in [0.1, 0.15) is 0 Å². The number of nitrogens with one attached hydrogen (secondary N) is 1. The summed E-state index contributed by atoms with van der Waals surface area (Å²) in [6, 6.07) is 3.26. The molecule has 2 rings (SSSR count). The molecule has 0 aliphatic carbocycles. The van der Waals surface area contributed by atoms with E-state index in [0.29, 0.717) is 11.5 Å². The van der Waals surface area contributed by atoms with Crippen molar-refractivity contribution in [1.82, 2.24) is 14.8 Å². The van der Waals surface area contributed by atoms with Crippen molar-refractivity contribution in [3.05, 3.63) is 40.8 Å². The maximum Gasteiger partial charge on any atom is 0.310 e. The summed E-state index contributed by atoms with van der Waals surface area (Å²) in [5, 5.41) is 17.6. The highest BCUT2D eigenvalue weighted by molar-refractivity contribution is 5.66. The molecule has 0 amide bonds. The molecule has 0 saturated carbocycles. The highest BCUT2D eigenvalue weighted by Gasteiger charge is 2.13. The van der Waals surface area contributed by atoms with Crippen molar-refractivity contribution < 1.29 is 4.92 Å². The molecule has 0 bridgehead atoms. The quantitative estimate of drug-likeness (QED) is 0.624. The number of nitro groups is 1. The second-order valence-corrected chi connectivity index (χ2v) is 3.15. The predicted octanol–water partition coefficient (Wildman–Crippen LogP) is 1.47. The van der Waals surface area contributed by atoms with Crippen molar-refractivity contribution in [3.8, 4) is 0 Å². The third kappa shape index (κ3) is 1.97. The number of hydrogen-bond acceptors (Lipinski definition) is 5. The standard InChI is InChI=1S/C9H9N5O2/c1-13-5-3-9(12-13)11-7-2-4-10-6-8(7)14(15)16/h2-6H,1H3,(H,10,11,12). The first-order valence-electron chi connectivity index (χ1n) is 4.52. The summed E-state index contributed by atoms with van der Waals surface area (Å²) >= 11 is 0. The largest absolute Gasteiger partial charge is 0.333 e. The summed E-state index contributed by atoms with van der Waals surface area (Å²) in [5.74, 6) is 0.553. The molecule has 7 nitrogen and oxygen atoms in total. The van der Waals surface area contributed by atoms with Gasteiger partial charge in [0.15, 0.2) is 5.82 Å². The van der Waals surface area contributed by atoms with E-state index >= 15 is 0 Å². The minimum Gasteiger partial charge on any atom is -0.333 e. The SMILES string of the molecule is Cn1ccc(Nc2ccncc2[N+](=O)[O-])n1. The zero-order valence-corrected chi connectivity index (χ0v) is 8.49. The number of pyridine rings is 1. The van der Waals surface area contributed by atoms with Crippen LogP contribution in [0.4, 0.5) is 17.2 Å². The molecular formula is C9H9N5O2. The molecule has 0 aromatic carbocycles. The van der Waals surface area contributed by atoms with Gasteiger partial charge in [-0.05, 0) is 6.07 Å². The van der Waals surface area contributed by atoms with E-state index in [1.807, 2.05) is 0 Å². The van der Waals surface area contributed by atoms with Crippen molar-refractivity contribution in [2.75, 3.05) is 5.32 Å². The van der Waals surface area contributed by atoms with Gasteiger partial charge in [0, 0.05) is 25.5 Å². The van der Waals surface area contributed by atoms with Gasteiger partial charge in [0.1, 0.15) is 11.9 Å². The van der Waals surface area contributed by atoms with Crippen molar-refractivity contribution in [1.29, 1.82) is 0 Å². The third-order valence-electron chi connectivity index (χ3n) is 1.97. The van der Waals surface area contributed by atoms with Crippen LogP contribution in [-0.4, -0.2) is 19.7 Å². The summed E-state index contributed by atoms with van der Waals surface area (Å²) in [4.78, 5) is 13.9. The first-order chi connectivity index (χ1) is 7.66. The lowest BCUT2D eigenvalue weighted by molar-refractivity contribution is -0.384. The summed E-state index contributed by atoms with van der Waals surface area (Å²) < 4.78 is 1.61. The van der Waals surface area contributed by atoms with Crippen LogP contribution in [0.2, 0.25) is 0 Å². The molecular weight excluding hydrogens is 210 g/mol. The van der Waals surface area contributed by atoms with E-state index in [1.54, 1.807) is 24.0 Å². The Bertz CT molecular complexity index is 522. The number of anilines is 2. The fourth-order valence-electron chi connectivity index (χ4n) is 1.26. The van der Waals surface area contributed by atoms with Gasteiger partial charge in [-0.1, -0.05) is 0 Å². The second kappa shape index (κ2) is 3.97. The fraction of sp³-hybridized carbons (Fsp3) is 0.111. The first-order valence-corrected chi connectivity index (χ1v) is 4.52. The Labute approximate surface area is 90.9 Å². The maximum atomic E-state index is 10.7. The third-order valence-corrected chi connectivity index (χ3v) is 1.97. The Balaban J connectivity index is 2.31. The second-order valence-electron chi connectivity index (χ2n) is 3.15. The van der Waals surface area contributed by atoms with Gasteiger partial charge in [-0.3, -0.25) is 19.8 Å². The average Bonchev–Trinajstić information content (AvgIpc) is 2.64. The molecule has 0 aliphatic heterocycles. The number of nitrogens with zero attached hydrogens (tertiary/aromatic N) is 4. The van der Waals surface area contributed by atoms with Gasteiger partial charge >= 0.3 is 5.69 Å². The highest BCUT2D eigenvalue weighted by Crippen LogP contribution is 2.24. The molecule has 0 saturated heterocycles. The van der Waals surface area contributed by atoms with E-state index in [2.05, 4.69) is 15.4 Å². The van der Waals surface area contributed by atoms with Crippen molar-refractivity contribution >= 4 is 17.2 Å². The van der Waals surface area contributed by atoms with E-state index in [-0.39, 0.29) is 5.69 Å². The van der Waals surface area contributed by atoms with E-state index in [4.69, 9.17) is 0 Å². The Kier molecular flexibility index (Phi) is 2.50. The predicted molar refractivity (Wildman–Crippen MR) is 57.4 cm³/mol. The van der Waals surface area contributed by atoms with E-state index in [9.17, 15) is 10.1 Å². The van der Waals surface area contributed by atoms with Crippen LogP contribution in [0.3, 0.4) is 0 Å². The minimum atomic E-state index is -0.488. The highest BCUT2D eigenvalue weighted by atomic mass is 16.6. The van der Waals surface area contributed by atoms with Crippen LogP contribution < -0.4 is 5.32 Å². The van der Waals surface area contributed by atoms with Crippen LogP contribution in [0, 0.1) is 10.1 Å². The fourth-order valence-corrected chi connectivity index (χ4v) is 1.26. The minimum absolute atomic E-state index is 0.0758. The zero-order valence-electron chi connectivity index (χ0n) is 8.49. The van der Waals surface area contributed by atoms with Gasteiger partial charge in [-0.15, -0.1) is 0 Å². The molecule has 2 aromatic rings. The Morgan fingerprint density at radius 1 is 1.50 bits per heavy atom. The molecule has 0 aliphatic rings. The average molecular weight is 219 g/mol. The van der Waals surface area contributed by atoms with Crippen LogP contribution in [-0.2, 0) is 7.05 Å². The lowest BCUT2D eigenvalue weighted by Crippen LogP contribution is -1.98. The first kappa shape index (κ1) is 10.1. The van der Waals surface area contributed by atoms with Crippen LogP contribution >= 0.6 is 0 Å². The molecule has 7 heteroatoms. The number of hydrogen-bond donors (Lipinski definition) is 1.